The second kappa shape index (κ2) is 7.59. The second-order valence-electron chi connectivity index (χ2n) is 9.42. The molecule has 0 aromatic rings. The van der Waals surface area contributed by atoms with Crippen molar-refractivity contribution in [1.29, 1.82) is 0 Å². The van der Waals surface area contributed by atoms with Crippen LogP contribution < -0.4 is 0 Å². The van der Waals surface area contributed by atoms with Crippen molar-refractivity contribution in [3.05, 3.63) is 0 Å². The molecule has 0 radical (unpaired) electrons. The number of carbonyl (C=O) groups excluding carboxylic acids is 2. The maximum atomic E-state index is 12.5. The fourth-order valence-electron chi connectivity index (χ4n) is 5.65. The lowest BCUT2D eigenvalue weighted by molar-refractivity contribution is -0.199. The summed E-state index contributed by atoms with van der Waals surface area (Å²) in [6, 6.07) is 0. The highest BCUT2D eigenvalue weighted by atomic mass is 16.6. The van der Waals surface area contributed by atoms with Crippen molar-refractivity contribution in [3.8, 4) is 0 Å². The van der Waals surface area contributed by atoms with Gasteiger partial charge in [-0.3, -0.25) is 9.59 Å². The van der Waals surface area contributed by atoms with Crippen LogP contribution in [0.2, 0.25) is 0 Å². The average Bonchev–Trinajstić information content (AvgIpc) is 3.07. The molecule has 7 unspecified atom stereocenters. The minimum absolute atomic E-state index is 0.0860. The zero-order chi connectivity index (χ0) is 19.1. The molecule has 0 aromatic heterocycles. The van der Waals surface area contributed by atoms with E-state index in [0.29, 0.717) is 36.4 Å². The molecule has 7 atom stereocenters. The fourth-order valence-corrected chi connectivity index (χ4v) is 5.65. The average molecular weight is 366 g/mol. The van der Waals surface area contributed by atoms with E-state index >= 15 is 0 Å². The lowest BCUT2D eigenvalue weighted by Gasteiger charge is -2.35. The number of aliphatic hydroxyl groups excluding tert-OH is 1. The van der Waals surface area contributed by atoms with Gasteiger partial charge in [0.05, 0.1) is 11.5 Å². The van der Waals surface area contributed by atoms with Crippen molar-refractivity contribution >= 4 is 11.8 Å². The number of ether oxygens (including phenoxy) is 2. The number of rotatable bonds is 8. The van der Waals surface area contributed by atoms with Crippen LogP contribution in [-0.4, -0.2) is 35.9 Å². The summed E-state index contributed by atoms with van der Waals surface area (Å²) >= 11 is 0. The summed E-state index contributed by atoms with van der Waals surface area (Å²) in [4.78, 5) is 24.6. The molecule has 0 heterocycles. The number of fused-ring (bicyclic) bond motifs is 1. The Labute approximate surface area is 156 Å². The summed E-state index contributed by atoms with van der Waals surface area (Å²) in [5, 5.41) is 10.3. The molecule has 0 aromatic carbocycles. The van der Waals surface area contributed by atoms with Gasteiger partial charge in [0.1, 0.15) is 12.4 Å². The van der Waals surface area contributed by atoms with Gasteiger partial charge in [-0.25, -0.2) is 0 Å². The third-order valence-electron chi connectivity index (χ3n) is 6.97. The SMILES string of the molecule is CCC(C)(CC(C)C)C(=O)OCC(O)OC1CC2CC3C(=O)CC1C3C2. The van der Waals surface area contributed by atoms with Crippen LogP contribution in [0.15, 0.2) is 0 Å². The Kier molecular flexibility index (Phi) is 5.78. The minimum Gasteiger partial charge on any atom is -0.460 e. The molecule has 1 N–H and O–H groups in total. The summed E-state index contributed by atoms with van der Waals surface area (Å²) in [5.41, 5.74) is -0.525. The maximum absolute atomic E-state index is 12.5. The number of esters is 1. The molecule has 2 bridgehead atoms. The minimum atomic E-state index is -1.12. The van der Waals surface area contributed by atoms with Gasteiger partial charge in [-0.05, 0) is 62.7 Å². The summed E-state index contributed by atoms with van der Waals surface area (Å²) in [7, 11) is 0. The van der Waals surface area contributed by atoms with Crippen LogP contribution in [0.5, 0.6) is 0 Å². The first-order valence-electron chi connectivity index (χ1n) is 10.3. The molecule has 0 aliphatic heterocycles. The molecule has 3 aliphatic rings. The van der Waals surface area contributed by atoms with E-state index in [-0.39, 0.29) is 30.5 Å². The van der Waals surface area contributed by atoms with E-state index in [0.717, 1.165) is 25.7 Å². The molecule has 0 spiro atoms. The molecule has 3 rings (SSSR count). The summed E-state index contributed by atoms with van der Waals surface area (Å²) < 4.78 is 11.2. The Bertz CT molecular complexity index is 545. The molecule has 3 aliphatic carbocycles. The van der Waals surface area contributed by atoms with Crippen LogP contribution in [0, 0.1) is 35.0 Å². The number of aliphatic hydroxyl groups is 1. The zero-order valence-electron chi connectivity index (χ0n) is 16.6. The molecule has 26 heavy (non-hydrogen) atoms. The molecule has 148 valence electrons. The number of hydrogen-bond acceptors (Lipinski definition) is 5. The smallest absolute Gasteiger partial charge is 0.311 e. The van der Waals surface area contributed by atoms with Crippen LogP contribution in [0.3, 0.4) is 0 Å². The molecular weight excluding hydrogens is 332 g/mol. The lowest BCUT2D eigenvalue weighted by atomic mass is 9.78. The Morgan fingerprint density at radius 2 is 2.00 bits per heavy atom. The Balaban J connectivity index is 1.51. The first kappa shape index (κ1) is 19.8. The maximum Gasteiger partial charge on any atom is 0.311 e. The highest BCUT2D eigenvalue weighted by molar-refractivity contribution is 5.84. The predicted molar refractivity (Wildman–Crippen MR) is 97.1 cm³/mol. The van der Waals surface area contributed by atoms with Gasteiger partial charge in [-0.15, -0.1) is 0 Å². The van der Waals surface area contributed by atoms with Crippen LogP contribution in [0.1, 0.15) is 66.2 Å². The number of Topliss-reactive ketones (excluding diaryl/α,β-unsaturated/α-hetero) is 1. The normalized spacial score (nSPS) is 36.2. The van der Waals surface area contributed by atoms with Crippen molar-refractivity contribution in [3.63, 3.8) is 0 Å². The molecule has 5 nitrogen and oxygen atoms in total. The van der Waals surface area contributed by atoms with Gasteiger partial charge >= 0.3 is 5.97 Å². The first-order valence-corrected chi connectivity index (χ1v) is 10.3. The molecule has 5 heteroatoms. The topological polar surface area (TPSA) is 72.8 Å². The van der Waals surface area contributed by atoms with E-state index in [4.69, 9.17) is 9.47 Å². The summed E-state index contributed by atoms with van der Waals surface area (Å²) in [6.45, 7) is 7.95. The van der Waals surface area contributed by atoms with Crippen LogP contribution in [0.4, 0.5) is 0 Å². The van der Waals surface area contributed by atoms with Gasteiger partial charge in [0, 0.05) is 12.3 Å². The van der Waals surface area contributed by atoms with Gasteiger partial charge in [0.25, 0.3) is 0 Å². The van der Waals surface area contributed by atoms with Crippen molar-refractivity contribution in [1.82, 2.24) is 0 Å². The van der Waals surface area contributed by atoms with Crippen LogP contribution >= 0.6 is 0 Å². The van der Waals surface area contributed by atoms with Gasteiger partial charge in [-0.2, -0.15) is 0 Å². The quantitative estimate of drug-likeness (QED) is 0.527. The monoisotopic (exact) mass is 366 g/mol. The molecule has 0 amide bonds. The largest absolute Gasteiger partial charge is 0.460 e. The van der Waals surface area contributed by atoms with Gasteiger partial charge < -0.3 is 14.6 Å². The highest BCUT2D eigenvalue weighted by Crippen LogP contribution is 2.56. The van der Waals surface area contributed by atoms with Gasteiger partial charge in [-0.1, -0.05) is 20.8 Å². The highest BCUT2D eigenvalue weighted by Gasteiger charge is 2.55. The van der Waals surface area contributed by atoms with Gasteiger partial charge in [0.2, 0.25) is 0 Å². The third kappa shape index (κ3) is 3.84. The number of hydrogen-bond donors (Lipinski definition) is 1. The molecule has 3 fully saturated rings. The van der Waals surface area contributed by atoms with Crippen LogP contribution in [0.25, 0.3) is 0 Å². The van der Waals surface area contributed by atoms with Crippen molar-refractivity contribution in [2.24, 2.45) is 35.0 Å². The Morgan fingerprint density at radius 1 is 1.27 bits per heavy atom. The number of carbonyl (C=O) groups is 2. The molecule has 3 saturated carbocycles. The third-order valence-corrected chi connectivity index (χ3v) is 6.97. The fraction of sp³-hybridized carbons (Fsp3) is 0.905. The van der Waals surface area contributed by atoms with E-state index in [1.54, 1.807) is 0 Å². The van der Waals surface area contributed by atoms with E-state index in [1.165, 1.54) is 0 Å². The van der Waals surface area contributed by atoms with E-state index in [9.17, 15) is 14.7 Å². The predicted octanol–water partition coefficient (Wildman–Crippen LogP) is 3.33. The zero-order valence-corrected chi connectivity index (χ0v) is 16.6. The van der Waals surface area contributed by atoms with E-state index < -0.39 is 11.7 Å². The summed E-state index contributed by atoms with van der Waals surface area (Å²) in [5.74, 6) is 1.96. The standard InChI is InChI=1S/C21H34O5/c1-5-21(4,10-12(2)3)20(24)25-11-19(23)26-18-8-13-6-14-15(7-13)17(22)9-16(14)18/h12-16,18-19,23H,5-11H2,1-4H3. The first-order chi connectivity index (χ1) is 12.2. The van der Waals surface area contributed by atoms with Crippen molar-refractivity contribution < 1.29 is 24.2 Å². The number of ketones is 1. The summed E-state index contributed by atoms with van der Waals surface area (Å²) in [6.07, 6.45) is 3.89. The van der Waals surface area contributed by atoms with Gasteiger partial charge in [0.15, 0.2) is 6.29 Å². The second-order valence-corrected chi connectivity index (χ2v) is 9.42. The van der Waals surface area contributed by atoms with Crippen molar-refractivity contribution in [2.45, 2.75) is 78.6 Å². The molecule has 0 saturated heterocycles. The lowest BCUT2D eigenvalue weighted by Crippen LogP contribution is -2.38. The van der Waals surface area contributed by atoms with Crippen LogP contribution in [-0.2, 0) is 19.1 Å². The van der Waals surface area contributed by atoms with E-state index in [1.807, 2.05) is 13.8 Å². The molecular formula is C21H34O5. The Morgan fingerprint density at radius 3 is 2.65 bits per heavy atom. The Hall–Kier alpha value is -0.940. The van der Waals surface area contributed by atoms with Crippen molar-refractivity contribution in [2.75, 3.05) is 6.61 Å². The van der Waals surface area contributed by atoms with E-state index in [2.05, 4.69) is 13.8 Å².